The lowest BCUT2D eigenvalue weighted by Crippen LogP contribution is -2.09. The lowest BCUT2D eigenvalue weighted by Gasteiger charge is -2.10. The molecule has 0 saturated carbocycles. The van der Waals surface area contributed by atoms with Gasteiger partial charge in [0.25, 0.3) is 0 Å². The van der Waals surface area contributed by atoms with E-state index in [0.717, 1.165) is 17.3 Å². The lowest BCUT2D eigenvalue weighted by atomic mass is 10.1. The molecule has 0 spiro atoms. The van der Waals surface area contributed by atoms with Gasteiger partial charge in [-0.15, -0.1) is 0 Å². The molecule has 108 valence electrons. The van der Waals surface area contributed by atoms with Gasteiger partial charge in [-0.3, -0.25) is 5.10 Å². The highest BCUT2D eigenvalue weighted by Gasteiger charge is 2.40. The van der Waals surface area contributed by atoms with E-state index in [0.29, 0.717) is 24.4 Å². The minimum absolute atomic E-state index is 0.165. The Hall–Kier alpha value is -2.31. The van der Waals surface area contributed by atoms with Crippen molar-refractivity contribution in [2.75, 3.05) is 0 Å². The van der Waals surface area contributed by atoms with Crippen molar-refractivity contribution in [3.63, 3.8) is 0 Å². The highest BCUT2D eigenvalue weighted by atomic mass is 19.4. The second kappa shape index (κ2) is 4.09. The van der Waals surface area contributed by atoms with Gasteiger partial charge in [0.05, 0.1) is 17.4 Å². The zero-order chi connectivity index (χ0) is 14.6. The zero-order valence-electron chi connectivity index (χ0n) is 10.9. The van der Waals surface area contributed by atoms with Crippen LogP contribution >= 0.6 is 0 Å². The molecule has 4 nitrogen and oxygen atoms in total. The van der Waals surface area contributed by atoms with E-state index in [4.69, 9.17) is 0 Å². The predicted molar refractivity (Wildman–Crippen MR) is 70.6 cm³/mol. The van der Waals surface area contributed by atoms with E-state index in [2.05, 4.69) is 15.2 Å². The lowest BCUT2D eigenvalue weighted by molar-refractivity contribution is -0.140. The van der Waals surface area contributed by atoms with Crippen molar-refractivity contribution in [3.05, 3.63) is 35.9 Å². The Morgan fingerprint density at radius 2 is 2.10 bits per heavy atom. The molecule has 21 heavy (non-hydrogen) atoms. The van der Waals surface area contributed by atoms with Gasteiger partial charge in [0.15, 0.2) is 5.69 Å². The summed E-state index contributed by atoms with van der Waals surface area (Å²) in [6.45, 7) is 0.581. The Morgan fingerprint density at radius 3 is 2.90 bits per heavy atom. The predicted octanol–water partition coefficient (Wildman–Crippen LogP) is 3.39. The molecule has 0 fully saturated rings. The third kappa shape index (κ3) is 1.84. The summed E-state index contributed by atoms with van der Waals surface area (Å²) in [5.41, 5.74) is 0.698. The molecular weight excluding hydrogens is 281 g/mol. The summed E-state index contributed by atoms with van der Waals surface area (Å²) in [4.78, 5) is 3.82. The molecule has 0 unspecified atom stereocenters. The first-order valence-corrected chi connectivity index (χ1v) is 6.64. The van der Waals surface area contributed by atoms with Gasteiger partial charge in [-0.1, -0.05) is 6.07 Å². The summed E-state index contributed by atoms with van der Waals surface area (Å²) >= 11 is 0. The van der Waals surface area contributed by atoms with E-state index in [-0.39, 0.29) is 5.69 Å². The van der Waals surface area contributed by atoms with Crippen LogP contribution in [-0.2, 0) is 19.1 Å². The number of nitrogens with one attached hydrogen (secondary N) is 1. The van der Waals surface area contributed by atoms with Gasteiger partial charge in [-0.2, -0.15) is 18.3 Å². The Morgan fingerprint density at radius 1 is 1.24 bits per heavy atom. The average molecular weight is 292 g/mol. The van der Waals surface area contributed by atoms with Gasteiger partial charge in [0.1, 0.15) is 5.82 Å². The normalized spacial score (nSPS) is 14.8. The monoisotopic (exact) mass is 292 g/mol. The molecule has 7 heteroatoms. The van der Waals surface area contributed by atoms with E-state index in [9.17, 15) is 13.2 Å². The number of fused-ring (bicyclic) bond motifs is 2. The van der Waals surface area contributed by atoms with Crippen LogP contribution in [0.3, 0.4) is 0 Å². The first-order valence-electron chi connectivity index (χ1n) is 6.64. The van der Waals surface area contributed by atoms with E-state index in [1.54, 1.807) is 29.0 Å². The maximum atomic E-state index is 13.2. The number of hydrogen-bond acceptors (Lipinski definition) is 2. The topological polar surface area (TPSA) is 46.5 Å². The van der Waals surface area contributed by atoms with Gasteiger partial charge in [0.2, 0.25) is 0 Å². The molecule has 1 N–H and O–H groups in total. The molecule has 0 radical (unpaired) electrons. The first-order chi connectivity index (χ1) is 10.0. The van der Waals surface area contributed by atoms with Crippen LogP contribution in [0, 0.1) is 0 Å². The van der Waals surface area contributed by atoms with Crippen LogP contribution in [-0.4, -0.2) is 19.7 Å². The third-order valence-corrected chi connectivity index (χ3v) is 3.81. The number of aryl methyl sites for hydroxylation is 1. The number of benzene rings is 1. The molecule has 0 saturated heterocycles. The van der Waals surface area contributed by atoms with Crippen LogP contribution in [0.2, 0.25) is 0 Å². The fourth-order valence-electron chi connectivity index (χ4n) is 2.91. The Labute approximate surface area is 117 Å². The number of aromatic amines is 1. The number of halogens is 3. The number of alkyl halides is 3. The highest BCUT2D eigenvalue weighted by molar-refractivity contribution is 5.84. The second-order valence-corrected chi connectivity index (χ2v) is 5.15. The van der Waals surface area contributed by atoms with Gasteiger partial charge in [-0.25, -0.2) is 4.98 Å². The summed E-state index contributed by atoms with van der Waals surface area (Å²) in [5, 5.41) is 7.48. The molecule has 2 aromatic heterocycles. The van der Waals surface area contributed by atoms with Crippen molar-refractivity contribution in [1.82, 2.24) is 19.7 Å². The number of imidazole rings is 1. The molecule has 0 atom stereocenters. The van der Waals surface area contributed by atoms with Crippen molar-refractivity contribution >= 4 is 10.9 Å². The molecule has 0 aliphatic carbocycles. The minimum atomic E-state index is -4.45. The minimum Gasteiger partial charge on any atom is -0.327 e. The highest BCUT2D eigenvalue weighted by Crippen LogP contribution is 2.39. The van der Waals surface area contributed by atoms with Crippen LogP contribution in [0.1, 0.15) is 17.9 Å². The summed E-state index contributed by atoms with van der Waals surface area (Å²) in [6, 6.07) is 5.14. The molecule has 4 rings (SSSR count). The smallest absolute Gasteiger partial charge is 0.327 e. The van der Waals surface area contributed by atoms with Crippen LogP contribution in [0.15, 0.2) is 24.4 Å². The van der Waals surface area contributed by atoms with Gasteiger partial charge >= 0.3 is 6.18 Å². The van der Waals surface area contributed by atoms with E-state index >= 15 is 0 Å². The second-order valence-electron chi connectivity index (χ2n) is 5.15. The fraction of sp³-hybridized carbons (Fsp3) is 0.286. The number of aromatic nitrogens is 4. The molecule has 3 heterocycles. The van der Waals surface area contributed by atoms with Crippen molar-refractivity contribution in [2.45, 2.75) is 25.6 Å². The summed E-state index contributed by atoms with van der Waals surface area (Å²) in [5.74, 6) is 0.518. The van der Waals surface area contributed by atoms with Crippen molar-refractivity contribution in [2.24, 2.45) is 0 Å². The van der Waals surface area contributed by atoms with Crippen molar-refractivity contribution in [3.8, 4) is 11.3 Å². The molecule has 0 amide bonds. The van der Waals surface area contributed by atoms with Crippen LogP contribution < -0.4 is 0 Å². The summed E-state index contributed by atoms with van der Waals surface area (Å²) < 4.78 is 41.4. The fourth-order valence-corrected chi connectivity index (χ4v) is 2.91. The van der Waals surface area contributed by atoms with Crippen molar-refractivity contribution < 1.29 is 13.2 Å². The van der Waals surface area contributed by atoms with Gasteiger partial charge < -0.3 is 4.57 Å². The van der Waals surface area contributed by atoms with Gasteiger partial charge in [0, 0.05) is 23.9 Å². The molecule has 0 bridgehead atoms. The quantitative estimate of drug-likeness (QED) is 0.747. The number of hydrogen-bond donors (Lipinski definition) is 1. The van der Waals surface area contributed by atoms with E-state index in [1.165, 1.54) is 0 Å². The molecule has 1 aromatic carbocycles. The molecule has 3 aromatic rings. The molecule has 1 aliphatic rings. The molecule has 1 aliphatic heterocycles. The maximum absolute atomic E-state index is 13.2. The summed E-state index contributed by atoms with van der Waals surface area (Å²) in [6.07, 6.45) is -1.41. The molecular formula is C14H11F3N4. The van der Waals surface area contributed by atoms with Crippen molar-refractivity contribution in [1.29, 1.82) is 0 Å². The van der Waals surface area contributed by atoms with Crippen LogP contribution in [0.4, 0.5) is 13.2 Å². The van der Waals surface area contributed by atoms with Crippen LogP contribution in [0.25, 0.3) is 22.2 Å². The standard InChI is InChI=1S/C14H11F3N4/c15-14(16,17)13-12(21-5-1-2-11(21)19-13)8-3-4-10-9(6-8)7-18-20-10/h3-4,6-7H,1-2,5H2,(H,18,20). The summed E-state index contributed by atoms with van der Waals surface area (Å²) in [7, 11) is 0. The number of H-pyrrole nitrogens is 1. The Kier molecular flexibility index (Phi) is 2.42. The van der Waals surface area contributed by atoms with E-state index < -0.39 is 11.9 Å². The third-order valence-electron chi connectivity index (χ3n) is 3.81. The number of rotatable bonds is 1. The van der Waals surface area contributed by atoms with Gasteiger partial charge in [-0.05, 0) is 18.6 Å². The van der Waals surface area contributed by atoms with E-state index in [1.807, 2.05) is 0 Å². The largest absolute Gasteiger partial charge is 0.435 e. The zero-order valence-corrected chi connectivity index (χ0v) is 10.9. The average Bonchev–Trinajstić information content (AvgIpc) is 3.11. The maximum Gasteiger partial charge on any atom is 0.435 e. The Bertz CT molecular complexity index is 828. The van der Waals surface area contributed by atoms with Crippen LogP contribution in [0.5, 0.6) is 0 Å². The Balaban J connectivity index is 1.98. The number of nitrogens with zero attached hydrogens (tertiary/aromatic N) is 3. The SMILES string of the molecule is FC(F)(F)c1nc2n(c1-c1ccc3[nH]ncc3c1)CCC2. The first kappa shape index (κ1) is 12.4.